The molecule has 1 saturated heterocycles. The zero-order chi connectivity index (χ0) is 16.1. The second-order valence-corrected chi connectivity index (χ2v) is 6.39. The summed E-state index contributed by atoms with van der Waals surface area (Å²) in [6.45, 7) is 3.28. The standard InChI is InChI=1S/C16H25N5O2/c22-10-12-2-1-7-21(9-12)15-8-14(19-11-20-15)17-5-6-18-16(23)13-3-4-13/h8,11-13,22H,1-7,9-10H2,(H,18,23)(H,17,19,20). The van der Waals surface area contributed by atoms with E-state index in [-0.39, 0.29) is 18.4 Å². The van der Waals surface area contributed by atoms with Crippen molar-refractivity contribution >= 4 is 17.5 Å². The van der Waals surface area contributed by atoms with Crippen molar-refractivity contribution in [2.45, 2.75) is 25.7 Å². The van der Waals surface area contributed by atoms with Gasteiger partial charge in [0.1, 0.15) is 18.0 Å². The highest BCUT2D eigenvalue weighted by molar-refractivity contribution is 5.80. The topological polar surface area (TPSA) is 90.4 Å². The number of carbonyl (C=O) groups excluding carboxylic acids is 1. The van der Waals surface area contributed by atoms with Crippen molar-refractivity contribution in [3.8, 4) is 0 Å². The van der Waals surface area contributed by atoms with Crippen molar-refractivity contribution in [3.05, 3.63) is 12.4 Å². The molecular weight excluding hydrogens is 294 g/mol. The Labute approximate surface area is 136 Å². The number of carbonyl (C=O) groups is 1. The van der Waals surface area contributed by atoms with E-state index in [0.29, 0.717) is 19.0 Å². The van der Waals surface area contributed by atoms with E-state index >= 15 is 0 Å². The van der Waals surface area contributed by atoms with Gasteiger partial charge in [0.2, 0.25) is 5.91 Å². The van der Waals surface area contributed by atoms with Crippen LogP contribution in [0.25, 0.3) is 0 Å². The van der Waals surface area contributed by atoms with Gasteiger partial charge in [0, 0.05) is 44.8 Å². The Balaban J connectivity index is 1.47. The quantitative estimate of drug-likeness (QED) is 0.639. The summed E-state index contributed by atoms with van der Waals surface area (Å²) >= 11 is 0. The zero-order valence-electron chi connectivity index (χ0n) is 13.4. The van der Waals surface area contributed by atoms with Gasteiger partial charge in [0.25, 0.3) is 0 Å². The lowest BCUT2D eigenvalue weighted by atomic mass is 9.99. The van der Waals surface area contributed by atoms with E-state index in [1.807, 2.05) is 6.07 Å². The van der Waals surface area contributed by atoms with Gasteiger partial charge >= 0.3 is 0 Å². The van der Waals surface area contributed by atoms with Crippen LogP contribution in [0.3, 0.4) is 0 Å². The van der Waals surface area contributed by atoms with Crippen molar-refractivity contribution in [1.82, 2.24) is 15.3 Å². The number of aromatic nitrogens is 2. The van der Waals surface area contributed by atoms with Crippen molar-refractivity contribution < 1.29 is 9.90 Å². The molecule has 23 heavy (non-hydrogen) atoms. The third-order valence-electron chi connectivity index (χ3n) is 4.43. The van der Waals surface area contributed by atoms with Crippen LogP contribution in [0.2, 0.25) is 0 Å². The van der Waals surface area contributed by atoms with Crippen LogP contribution in [0, 0.1) is 11.8 Å². The summed E-state index contributed by atoms with van der Waals surface area (Å²) in [5.41, 5.74) is 0. The molecule has 3 rings (SSSR count). The first kappa shape index (κ1) is 16.0. The molecule has 0 aromatic carbocycles. The smallest absolute Gasteiger partial charge is 0.223 e. The lowest BCUT2D eigenvalue weighted by Crippen LogP contribution is -2.37. The minimum atomic E-state index is 0.165. The number of anilines is 2. The summed E-state index contributed by atoms with van der Waals surface area (Å²) in [5.74, 6) is 2.40. The Morgan fingerprint density at radius 3 is 2.96 bits per heavy atom. The molecule has 1 unspecified atom stereocenters. The molecule has 1 amide bonds. The summed E-state index contributed by atoms with van der Waals surface area (Å²) in [6.07, 6.45) is 5.76. The van der Waals surface area contributed by atoms with E-state index in [0.717, 1.165) is 50.4 Å². The van der Waals surface area contributed by atoms with Gasteiger partial charge < -0.3 is 20.6 Å². The molecule has 2 heterocycles. The SMILES string of the molecule is O=C(NCCNc1cc(N2CCCC(CO)C2)ncn1)C1CC1. The Kier molecular flexibility index (Phi) is 5.27. The molecule has 1 saturated carbocycles. The maximum atomic E-state index is 11.5. The second kappa shape index (κ2) is 7.59. The number of hydrogen-bond donors (Lipinski definition) is 3. The summed E-state index contributed by atoms with van der Waals surface area (Å²) in [7, 11) is 0. The van der Waals surface area contributed by atoms with Gasteiger partial charge in [0.05, 0.1) is 0 Å². The average Bonchev–Trinajstić information content (AvgIpc) is 3.44. The highest BCUT2D eigenvalue weighted by Gasteiger charge is 2.29. The Morgan fingerprint density at radius 2 is 2.17 bits per heavy atom. The summed E-state index contributed by atoms with van der Waals surface area (Å²) in [6, 6.07) is 1.93. The van der Waals surface area contributed by atoms with Crippen LogP contribution in [-0.4, -0.2) is 53.8 Å². The van der Waals surface area contributed by atoms with Gasteiger partial charge in [-0.15, -0.1) is 0 Å². The molecule has 0 spiro atoms. The second-order valence-electron chi connectivity index (χ2n) is 6.39. The highest BCUT2D eigenvalue weighted by atomic mass is 16.3. The highest BCUT2D eigenvalue weighted by Crippen LogP contribution is 2.28. The number of aliphatic hydroxyl groups excluding tert-OH is 1. The van der Waals surface area contributed by atoms with Crippen molar-refractivity contribution in [2.75, 3.05) is 43.0 Å². The van der Waals surface area contributed by atoms with Crippen LogP contribution in [-0.2, 0) is 4.79 Å². The molecule has 7 heteroatoms. The van der Waals surface area contributed by atoms with Gasteiger partial charge in [0.15, 0.2) is 0 Å². The first-order valence-electron chi connectivity index (χ1n) is 8.45. The predicted molar refractivity (Wildman–Crippen MR) is 88.3 cm³/mol. The number of rotatable bonds is 7. The summed E-state index contributed by atoms with van der Waals surface area (Å²) in [5, 5.41) is 15.5. The minimum absolute atomic E-state index is 0.165. The first-order chi connectivity index (χ1) is 11.3. The van der Waals surface area contributed by atoms with Crippen LogP contribution < -0.4 is 15.5 Å². The zero-order valence-corrected chi connectivity index (χ0v) is 13.4. The Hall–Kier alpha value is -1.89. The number of amides is 1. The fourth-order valence-electron chi connectivity index (χ4n) is 2.90. The average molecular weight is 319 g/mol. The van der Waals surface area contributed by atoms with Gasteiger partial charge in [-0.2, -0.15) is 0 Å². The van der Waals surface area contributed by atoms with Gasteiger partial charge in [-0.1, -0.05) is 0 Å². The van der Waals surface area contributed by atoms with Gasteiger partial charge in [-0.05, 0) is 31.6 Å². The maximum absolute atomic E-state index is 11.5. The van der Waals surface area contributed by atoms with E-state index in [1.165, 1.54) is 0 Å². The van der Waals surface area contributed by atoms with Crippen molar-refractivity contribution in [2.24, 2.45) is 11.8 Å². The number of piperidine rings is 1. The lowest BCUT2D eigenvalue weighted by Gasteiger charge is -2.32. The Morgan fingerprint density at radius 1 is 1.30 bits per heavy atom. The molecule has 2 aliphatic rings. The molecule has 1 aromatic heterocycles. The normalized spacial score (nSPS) is 21.1. The van der Waals surface area contributed by atoms with Crippen LogP contribution in [0.15, 0.2) is 12.4 Å². The number of hydrogen-bond acceptors (Lipinski definition) is 6. The number of nitrogens with zero attached hydrogens (tertiary/aromatic N) is 3. The molecule has 1 aliphatic carbocycles. The fraction of sp³-hybridized carbons (Fsp3) is 0.688. The third-order valence-corrected chi connectivity index (χ3v) is 4.43. The summed E-state index contributed by atoms with van der Waals surface area (Å²) in [4.78, 5) is 22.3. The van der Waals surface area contributed by atoms with Crippen LogP contribution in [0.4, 0.5) is 11.6 Å². The van der Waals surface area contributed by atoms with Crippen LogP contribution in [0.1, 0.15) is 25.7 Å². The van der Waals surface area contributed by atoms with Crippen molar-refractivity contribution in [3.63, 3.8) is 0 Å². The predicted octanol–water partition coefficient (Wildman–Crippen LogP) is 0.623. The van der Waals surface area contributed by atoms with E-state index in [1.54, 1.807) is 6.33 Å². The fourth-order valence-corrected chi connectivity index (χ4v) is 2.90. The molecule has 1 atom stereocenters. The molecule has 126 valence electrons. The Bertz CT molecular complexity index is 535. The monoisotopic (exact) mass is 319 g/mol. The van der Waals surface area contributed by atoms with Crippen molar-refractivity contribution in [1.29, 1.82) is 0 Å². The van der Waals surface area contributed by atoms with E-state index in [2.05, 4.69) is 25.5 Å². The van der Waals surface area contributed by atoms with Gasteiger partial charge in [-0.3, -0.25) is 4.79 Å². The van der Waals surface area contributed by atoms with E-state index in [4.69, 9.17) is 0 Å². The molecular formula is C16H25N5O2. The maximum Gasteiger partial charge on any atom is 0.223 e. The first-order valence-corrected chi connectivity index (χ1v) is 8.45. The number of nitrogens with one attached hydrogen (secondary N) is 2. The molecule has 1 aromatic rings. The summed E-state index contributed by atoms with van der Waals surface area (Å²) < 4.78 is 0. The van der Waals surface area contributed by atoms with E-state index < -0.39 is 0 Å². The lowest BCUT2D eigenvalue weighted by molar-refractivity contribution is -0.122. The molecule has 1 aliphatic heterocycles. The molecule has 0 bridgehead atoms. The number of aliphatic hydroxyl groups is 1. The molecule has 0 radical (unpaired) electrons. The van der Waals surface area contributed by atoms with E-state index in [9.17, 15) is 9.90 Å². The molecule has 2 fully saturated rings. The molecule has 3 N–H and O–H groups in total. The largest absolute Gasteiger partial charge is 0.396 e. The minimum Gasteiger partial charge on any atom is -0.396 e. The van der Waals surface area contributed by atoms with Gasteiger partial charge in [-0.25, -0.2) is 9.97 Å². The van der Waals surface area contributed by atoms with Crippen LogP contribution in [0.5, 0.6) is 0 Å². The van der Waals surface area contributed by atoms with Crippen LogP contribution >= 0.6 is 0 Å². The molecule has 7 nitrogen and oxygen atoms in total. The third kappa shape index (κ3) is 4.54.